The highest BCUT2D eigenvalue weighted by atomic mass is 35.5. The Labute approximate surface area is 128 Å². The molecule has 0 radical (unpaired) electrons. The summed E-state index contributed by atoms with van der Waals surface area (Å²) in [7, 11) is 0. The number of aryl methyl sites for hydroxylation is 1. The number of rotatable bonds is 4. The third kappa shape index (κ3) is 4.23. The van der Waals surface area contributed by atoms with Crippen molar-refractivity contribution in [3.8, 4) is 6.07 Å². The van der Waals surface area contributed by atoms with Crippen LogP contribution >= 0.6 is 11.6 Å². The number of nitrogens with two attached hydrogens (primary N) is 1. The molecule has 1 amide bonds. The summed E-state index contributed by atoms with van der Waals surface area (Å²) in [5, 5.41) is 11.9. The van der Waals surface area contributed by atoms with Gasteiger partial charge in [-0.2, -0.15) is 5.26 Å². The van der Waals surface area contributed by atoms with Crippen LogP contribution in [0.25, 0.3) is 0 Å². The normalized spacial score (nSPS) is 9.90. The third-order valence-corrected chi connectivity index (χ3v) is 3.28. The molecule has 2 rings (SSSR count). The van der Waals surface area contributed by atoms with E-state index in [4.69, 9.17) is 22.6 Å². The molecule has 106 valence electrons. The average Bonchev–Trinajstić information content (AvgIpc) is 2.45. The highest BCUT2D eigenvalue weighted by molar-refractivity contribution is 6.32. The van der Waals surface area contributed by atoms with E-state index in [1.807, 2.05) is 30.3 Å². The number of nitriles is 1. The number of nitrogen functional groups attached to an aromatic ring is 1. The number of anilines is 2. The number of hydrogen-bond donors (Lipinski definition) is 2. The molecule has 0 heterocycles. The first-order chi connectivity index (χ1) is 10.1. The fourth-order valence-corrected chi connectivity index (χ4v) is 2.14. The van der Waals surface area contributed by atoms with E-state index in [0.717, 1.165) is 5.56 Å². The van der Waals surface area contributed by atoms with E-state index in [0.29, 0.717) is 34.8 Å². The fraction of sp³-hybridized carbons (Fsp3) is 0.125. The van der Waals surface area contributed by atoms with E-state index in [2.05, 4.69) is 5.32 Å². The Morgan fingerprint density at radius 3 is 2.76 bits per heavy atom. The summed E-state index contributed by atoms with van der Waals surface area (Å²) in [4.78, 5) is 11.9. The molecule has 5 heteroatoms. The van der Waals surface area contributed by atoms with E-state index in [1.54, 1.807) is 18.2 Å². The van der Waals surface area contributed by atoms with Crippen LogP contribution in [0, 0.1) is 11.3 Å². The number of nitrogens with zero attached hydrogens (tertiary/aromatic N) is 1. The first-order valence-electron chi connectivity index (χ1n) is 6.42. The molecule has 0 atom stereocenters. The van der Waals surface area contributed by atoms with Gasteiger partial charge in [-0.25, -0.2) is 0 Å². The van der Waals surface area contributed by atoms with Crippen molar-refractivity contribution in [2.75, 3.05) is 11.1 Å². The molecule has 4 nitrogen and oxygen atoms in total. The molecule has 3 N–H and O–H groups in total. The molecule has 21 heavy (non-hydrogen) atoms. The van der Waals surface area contributed by atoms with Crippen LogP contribution in [-0.4, -0.2) is 5.91 Å². The van der Waals surface area contributed by atoms with Crippen LogP contribution in [0.4, 0.5) is 11.4 Å². The molecule has 0 fully saturated rings. The van der Waals surface area contributed by atoms with Gasteiger partial charge < -0.3 is 11.1 Å². The Hall–Kier alpha value is -2.51. The van der Waals surface area contributed by atoms with E-state index in [9.17, 15) is 4.79 Å². The Bertz CT molecular complexity index is 707. The summed E-state index contributed by atoms with van der Waals surface area (Å²) in [6, 6.07) is 14.2. The molecule has 0 aliphatic heterocycles. The van der Waals surface area contributed by atoms with Crippen molar-refractivity contribution in [2.24, 2.45) is 0 Å². The number of amides is 1. The predicted molar refractivity (Wildman–Crippen MR) is 84.0 cm³/mol. The molecular formula is C16H14ClN3O. The van der Waals surface area contributed by atoms with Crippen molar-refractivity contribution in [2.45, 2.75) is 12.8 Å². The molecule has 0 saturated carbocycles. The minimum atomic E-state index is -0.113. The monoisotopic (exact) mass is 299 g/mol. The minimum Gasteiger partial charge on any atom is -0.399 e. The van der Waals surface area contributed by atoms with Crippen molar-refractivity contribution >= 4 is 28.9 Å². The lowest BCUT2D eigenvalue weighted by Crippen LogP contribution is -2.12. The second-order valence-corrected chi connectivity index (χ2v) is 5.01. The van der Waals surface area contributed by atoms with Gasteiger partial charge in [-0.1, -0.05) is 23.7 Å². The summed E-state index contributed by atoms with van der Waals surface area (Å²) in [6.07, 6.45) is 0.960. The number of benzene rings is 2. The van der Waals surface area contributed by atoms with Crippen LogP contribution in [0.1, 0.15) is 17.5 Å². The van der Waals surface area contributed by atoms with Crippen LogP contribution in [0.3, 0.4) is 0 Å². The van der Waals surface area contributed by atoms with Gasteiger partial charge in [0.25, 0.3) is 0 Å². The molecule has 0 saturated heterocycles. The molecule has 2 aromatic rings. The van der Waals surface area contributed by atoms with Gasteiger partial charge in [0.1, 0.15) is 6.07 Å². The zero-order valence-electron chi connectivity index (χ0n) is 11.3. The lowest BCUT2D eigenvalue weighted by atomic mass is 10.1. The maximum absolute atomic E-state index is 11.9. The Morgan fingerprint density at radius 2 is 2.10 bits per heavy atom. The van der Waals surface area contributed by atoms with Crippen molar-refractivity contribution in [3.05, 3.63) is 58.6 Å². The highest BCUT2D eigenvalue weighted by Crippen LogP contribution is 2.20. The maximum Gasteiger partial charge on any atom is 0.224 e. The van der Waals surface area contributed by atoms with Crippen molar-refractivity contribution in [3.63, 3.8) is 0 Å². The second kappa shape index (κ2) is 6.78. The van der Waals surface area contributed by atoms with Crippen molar-refractivity contribution < 1.29 is 4.79 Å². The van der Waals surface area contributed by atoms with Gasteiger partial charge >= 0.3 is 0 Å². The number of nitrogens with one attached hydrogen (secondary N) is 1. The highest BCUT2D eigenvalue weighted by Gasteiger charge is 2.06. The molecular weight excluding hydrogens is 286 g/mol. The van der Waals surface area contributed by atoms with E-state index < -0.39 is 0 Å². The number of carbonyl (C=O) groups excluding carboxylic acids is 1. The van der Waals surface area contributed by atoms with Crippen LogP contribution < -0.4 is 11.1 Å². The number of hydrogen-bond acceptors (Lipinski definition) is 3. The van der Waals surface area contributed by atoms with Gasteiger partial charge in [0.15, 0.2) is 0 Å². The predicted octanol–water partition coefficient (Wildman–Crippen LogP) is 3.37. The molecule has 0 aliphatic carbocycles. The zero-order valence-corrected chi connectivity index (χ0v) is 12.0. The largest absolute Gasteiger partial charge is 0.399 e. The first-order valence-corrected chi connectivity index (χ1v) is 6.80. The minimum absolute atomic E-state index is 0.113. The van der Waals surface area contributed by atoms with Crippen molar-refractivity contribution in [1.82, 2.24) is 0 Å². The van der Waals surface area contributed by atoms with Crippen LogP contribution in [-0.2, 0) is 11.2 Å². The van der Waals surface area contributed by atoms with Gasteiger partial charge in [-0.05, 0) is 42.3 Å². The summed E-state index contributed by atoms with van der Waals surface area (Å²) < 4.78 is 0. The Balaban J connectivity index is 1.93. The van der Waals surface area contributed by atoms with Crippen molar-refractivity contribution in [1.29, 1.82) is 5.26 Å². The molecule has 2 aromatic carbocycles. The van der Waals surface area contributed by atoms with Gasteiger partial charge in [0.2, 0.25) is 5.91 Å². The lowest BCUT2D eigenvalue weighted by molar-refractivity contribution is -0.116. The van der Waals surface area contributed by atoms with Crippen LogP contribution in [0.2, 0.25) is 5.02 Å². The average molecular weight is 300 g/mol. The quantitative estimate of drug-likeness (QED) is 0.850. The molecule has 0 spiro atoms. The van der Waals surface area contributed by atoms with E-state index in [1.165, 1.54) is 0 Å². The first kappa shape index (κ1) is 14.9. The topological polar surface area (TPSA) is 78.9 Å². The standard InChI is InChI=1S/C16H14ClN3O/c17-15-9-14(6-5-12(15)10-18)20-16(21)7-4-11-2-1-3-13(19)8-11/h1-3,5-6,8-9H,4,7,19H2,(H,20,21). The Morgan fingerprint density at radius 1 is 1.29 bits per heavy atom. The number of halogens is 1. The summed E-state index contributed by atoms with van der Waals surface area (Å²) in [5.41, 5.74) is 8.36. The summed E-state index contributed by atoms with van der Waals surface area (Å²) in [5.74, 6) is -0.113. The van der Waals surface area contributed by atoms with Gasteiger partial charge in [-0.15, -0.1) is 0 Å². The molecule has 0 unspecified atom stereocenters. The summed E-state index contributed by atoms with van der Waals surface area (Å²) in [6.45, 7) is 0. The number of carbonyl (C=O) groups is 1. The second-order valence-electron chi connectivity index (χ2n) is 4.60. The molecule has 0 bridgehead atoms. The lowest BCUT2D eigenvalue weighted by Gasteiger charge is -2.07. The third-order valence-electron chi connectivity index (χ3n) is 2.97. The van der Waals surface area contributed by atoms with Crippen LogP contribution in [0.5, 0.6) is 0 Å². The van der Waals surface area contributed by atoms with E-state index >= 15 is 0 Å². The molecule has 0 aromatic heterocycles. The SMILES string of the molecule is N#Cc1ccc(NC(=O)CCc2cccc(N)c2)cc1Cl. The fourth-order valence-electron chi connectivity index (χ4n) is 1.91. The van der Waals surface area contributed by atoms with Gasteiger partial charge in [0, 0.05) is 17.8 Å². The maximum atomic E-state index is 11.9. The molecule has 0 aliphatic rings. The van der Waals surface area contributed by atoms with E-state index in [-0.39, 0.29) is 5.91 Å². The Kier molecular flexibility index (Phi) is 4.81. The zero-order chi connectivity index (χ0) is 15.2. The van der Waals surface area contributed by atoms with Gasteiger partial charge in [0.05, 0.1) is 10.6 Å². The van der Waals surface area contributed by atoms with Crippen LogP contribution in [0.15, 0.2) is 42.5 Å². The smallest absolute Gasteiger partial charge is 0.224 e. The van der Waals surface area contributed by atoms with Gasteiger partial charge in [-0.3, -0.25) is 4.79 Å². The summed E-state index contributed by atoms with van der Waals surface area (Å²) >= 11 is 5.92.